The molecule has 0 N–H and O–H groups in total. The molecule has 1 aromatic carbocycles. The van der Waals surface area contributed by atoms with Crippen molar-refractivity contribution in [2.45, 2.75) is 292 Å². The highest BCUT2D eigenvalue weighted by Crippen LogP contribution is 2.83. The van der Waals surface area contributed by atoms with Crippen molar-refractivity contribution in [1.82, 2.24) is 0 Å². The summed E-state index contributed by atoms with van der Waals surface area (Å²) < 4.78 is 0. The molecule has 16 aliphatic carbocycles. The highest BCUT2D eigenvalue weighted by atomic mass is 31.1. The second kappa shape index (κ2) is 16.2. The molecule has 16 bridgehead atoms. The Labute approximate surface area is 426 Å². The zero-order chi connectivity index (χ0) is 46.9. The zero-order valence-corrected chi connectivity index (χ0v) is 49.4. The van der Waals surface area contributed by atoms with E-state index in [1.807, 2.05) is 11.1 Å². The van der Waals surface area contributed by atoms with E-state index in [1.54, 1.807) is 154 Å². The Bertz CT molecular complexity index is 1770. The van der Waals surface area contributed by atoms with E-state index < -0.39 is 0 Å². The fraction of sp³-hybridized carbons (Fsp3) is 0.906. The van der Waals surface area contributed by atoms with Crippen LogP contribution in [0.25, 0.3) is 0 Å². The lowest BCUT2D eigenvalue weighted by Gasteiger charge is -2.69. The van der Waals surface area contributed by atoms with Crippen molar-refractivity contribution >= 4 is 34.3 Å². The number of hydrogen-bond acceptors (Lipinski definition) is 0. The van der Waals surface area contributed by atoms with Crippen molar-refractivity contribution < 1.29 is 0 Å². The van der Waals surface area contributed by atoms with Crippen LogP contribution < -0.4 is 0 Å². The molecule has 1 aromatic rings. The Hall–Kier alpha value is 0.940. The first-order valence-corrected chi connectivity index (χ1v) is 35.0. The molecule has 0 amide bonds. The van der Waals surface area contributed by atoms with Gasteiger partial charge in [0.25, 0.3) is 0 Å². The monoisotopic (exact) mass is 995 g/mol. The summed E-state index contributed by atoms with van der Waals surface area (Å²) in [5.74, 6) is 4.06. The van der Waals surface area contributed by atoms with Gasteiger partial charge < -0.3 is 0 Å². The fourth-order valence-corrected chi connectivity index (χ4v) is 39.6. The zero-order valence-electron chi connectivity index (χ0n) is 45.4. The molecule has 0 nitrogen and oxygen atoms in total. The highest BCUT2D eigenvalue weighted by Gasteiger charge is 2.67. The lowest BCUT2D eigenvalue weighted by molar-refractivity contribution is -0.102. The molecule has 0 saturated heterocycles. The van der Waals surface area contributed by atoms with Gasteiger partial charge in [-0.1, -0.05) is 131 Å². The minimum Gasteiger partial charge on any atom is -0.103 e. The largest absolute Gasteiger partial charge is 0.103 e. The molecule has 0 aromatic heterocycles. The topological polar surface area (TPSA) is 0 Å². The summed E-state index contributed by atoms with van der Waals surface area (Å²) in [5, 5.41) is 4.03. The lowest BCUT2D eigenvalue weighted by atomic mass is 9.43. The van der Waals surface area contributed by atoms with Crippen molar-refractivity contribution in [3.05, 3.63) is 35.4 Å². The third-order valence-electron chi connectivity index (χ3n) is 26.6. The third kappa shape index (κ3) is 7.58. The van der Waals surface area contributed by atoms with Crippen LogP contribution >= 0.6 is 34.3 Å². The summed E-state index contributed by atoms with van der Waals surface area (Å²) in [6.45, 7) is 21.1. The molecular formula is C64H102P4. The van der Waals surface area contributed by atoms with E-state index in [9.17, 15) is 0 Å². The first-order valence-electron chi connectivity index (χ1n) is 30.7. The van der Waals surface area contributed by atoms with Crippen LogP contribution in [-0.4, -0.2) is 20.6 Å². The quantitative estimate of drug-likeness (QED) is 0.129. The van der Waals surface area contributed by atoms with E-state index in [1.165, 1.54) is 51.4 Å². The molecule has 0 spiro atoms. The summed E-state index contributed by atoms with van der Waals surface area (Å²) in [6.07, 6.45) is 49.8. The first-order chi connectivity index (χ1) is 32.5. The van der Waals surface area contributed by atoms with Crippen LogP contribution in [0, 0.1) is 67.0 Å². The van der Waals surface area contributed by atoms with Gasteiger partial charge >= 0.3 is 0 Å². The molecule has 0 aliphatic heterocycles. The predicted octanol–water partition coefficient (Wildman–Crippen LogP) is 20.5. The molecule has 12 atom stereocenters. The van der Waals surface area contributed by atoms with Gasteiger partial charge in [-0.25, -0.2) is 0 Å². The minimum atomic E-state index is 0.603. The maximum atomic E-state index is 2.90. The Morgan fingerprint density at radius 2 is 0.500 bits per heavy atom. The summed E-state index contributed by atoms with van der Waals surface area (Å²) >= 11 is 0. The maximum Gasteiger partial charge on any atom is 0.0199 e. The standard InChI is InChI=1S/C64H102P4/c1-9-53-21-45-22-54(10-2,33-53)38-61(29-45,37-53)65-51(66-62-30-46-23-55(11-3,39-62)34-56(12-4,24-46)40-62)49-19-17-18-20-50(49)52(67-63-31-47-25-57(13-5,41-63)35-58(14-6,26-47)42-63)68-64-32-48-27-59(15-7,43-64)36-60(16-8,28-48)44-64/h17-20,45-48,51-52,65-68H,9-16,21-44H2,1-8H3. The van der Waals surface area contributed by atoms with Crippen LogP contribution in [-0.2, 0) is 0 Å². The summed E-state index contributed by atoms with van der Waals surface area (Å²) in [5.41, 5.74) is 9.15. The lowest BCUT2D eigenvalue weighted by Crippen LogP contribution is -2.59. The van der Waals surface area contributed by atoms with Crippen LogP contribution in [0.1, 0.15) is 283 Å². The second-order valence-corrected chi connectivity index (χ2v) is 39.9. The van der Waals surface area contributed by atoms with E-state index in [-0.39, 0.29) is 0 Å². The van der Waals surface area contributed by atoms with Gasteiger partial charge in [0.05, 0.1) is 0 Å². The highest BCUT2D eigenvalue weighted by molar-refractivity contribution is 7.59. The van der Waals surface area contributed by atoms with Gasteiger partial charge in [-0.15, -0.1) is 34.3 Å². The van der Waals surface area contributed by atoms with Crippen molar-refractivity contribution in [1.29, 1.82) is 0 Å². The van der Waals surface area contributed by atoms with Crippen LogP contribution in [0.2, 0.25) is 0 Å². The molecule has 17 rings (SSSR count). The Kier molecular flexibility index (Phi) is 11.6. The molecular weight excluding hydrogens is 893 g/mol. The Morgan fingerprint density at radius 3 is 0.676 bits per heavy atom. The Morgan fingerprint density at radius 1 is 0.309 bits per heavy atom. The predicted molar refractivity (Wildman–Crippen MR) is 303 cm³/mol. The van der Waals surface area contributed by atoms with Gasteiger partial charge in [0.1, 0.15) is 0 Å². The van der Waals surface area contributed by atoms with E-state index >= 15 is 0 Å². The molecule has 0 radical (unpaired) electrons. The summed E-state index contributed by atoms with van der Waals surface area (Å²) in [4.78, 5) is 0. The summed E-state index contributed by atoms with van der Waals surface area (Å²) in [6, 6.07) is 11.1. The molecule has 0 heterocycles. The minimum absolute atomic E-state index is 0.603. The maximum absolute atomic E-state index is 2.90. The van der Waals surface area contributed by atoms with E-state index in [2.05, 4.69) is 79.7 Å². The van der Waals surface area contributed by atoms with Gasteiger partial charge in [-0.3, -0.25) is 0 Å². The van der Waals surface area contributed by atoms with E-state index in [4.69, 9.17) is 0 Å². The van der Waals surface area contributed by atoms with Crippen LogP contribution in [0.15, 0.2) is 24.3 Å². The van der Waals surface area contributed by atoms with Crippen molar-refractivity contribution in [2.24, 2.45) is 67.0 Å². The Balaban J connectivity index is 0.947. The first kappa shape index (κ1) is 48.6. The number of hydrogen-bond donors (Lipinski definition) is 0. The number of benzene rings is 1. The molecule has 4 heteroatoms. The average Bonchev–Trinajstić information content (AvgIpc) is 3.29. The second-order valence-electron chi connectivity index (χ2n) is 31.1. The molecule has 16 saturated carbocycles. The third-order valence-corrected chi connectivity index (χ3v) is 35.4. The molecule has 68 heavy (non-hydrogen) atoms. The van der Waals surface area contributed by atoms with Gasteiger partial charge in [-0.2, -0.15) is 0 Å². The van der Waals surface area contributed by atoms with Gasteiger partial charge in [0.15, 0.2) is 0 Å². The van der Waals surface area contributed by atoms with Crippen molar-refractivity contribution in [3.63, 3.8) is 0 Å². The van der Waals surface area contributed by atoms with E-state index in [0.29, 0.717) is 63.9 Å². The van der Waals surface area contributed by atoms with Crippen LogP contribution in [0.3, 0.4) is 0 Å². The van der Waals surface area contributed by atoms with Gasteiger partial charge in [0.2, 0.25) is 0 Å². The smallest absolute Gasteiger partial charge is 0.0199 e. The van der Waals surface area contributed by atoms with Crippen LogP contribution in [0.5, 0.6) is 0 Å². The van der Waals surface area contributed by atoms with Crippen molar-refractivity contribution in [3.8, 4) is 0 Å². The molecule has 16 fully saturated rings. The SMILES string of the molecule is CCC12CC3CC(CC)(C1)CC(PC(PC14CC5CC(CC)(CC(CC)(C5)C1)C4)c1ccccc1C(PC14CC5CC(CC)(CC(CC)(C5)C1)C4)PC14CC5CC(CC)(CC(CC)(C5)C1)C4)(C3)C2. The van der Waals surface area contributed by atoms with Crippen molar-refractivity contribution in [2.75, 3.05) is 0 Å². The number of rotatable bonds is 18. The van der Waals surface area contributed by atoms with Gasteiger partial charge in [-0.05, 0) is 253 Å². The van der Waals surface area contributed by atoms with Gasteiger partial charge in [0, 0.05) is 10.8 Å². The normalized spacial score (nSPS) is 54.5. The molecule has 16 aliphatic rings. The molecule has 378 valence electrons. The fourth-order valence-electron chi connectivity index (χ4n) is 25.8. The molecule has 12 unspecified atom stereocenters. The average molecular weight is 995 g/mol. The van der Waals surface area contributed by atoms with Crippen LogP contribution in [0.4, 0.5) is 0 Å². The van der Waals surface area contributed by atoms with E-state index in [0.717, 1.165) is 68.8 Å². The summed E-state index contributed by atoms with van der Waals surface area (Å²) in [7, 11) is 4.65.